The van der Waals surface area contributed by atoms with Crippen molar-refractivity contribution in [3.63, 3.8) is 0 Å². The van der Waals surface area contributed by atoms with Gasteiger partial charge < -0.3 is 0 Å². The zero-order valence-electron chi connectivity index (χ0n) is 4.13. The number of rotatable bonds is 2. The summed E-state index contributed by atoms with van der Waals surface area (Å²) >= 11 is 0. The van der Waals surface area contributed by atoms with E-state index >= 15 is 0 Å². The van der Waals surface area contributed by atoms with Crippen LogP contribution >= 0.6 is 0 Å². The Bertz CT molecular complexity index is 116. The SMILES string of the molecule is CNS(=O)(=O)OC. The first-order valence-corrected chi connectivity index (χ1v) is 3.02. The van der Waals surface area contributed by atoms with Crippen LogP contribution in [0.1, 0.15) is 0 Å². The van der Waals surface area contributed by atoms with Gasteiger partial charge in [0.05, 0.1) is 7.11 Å². The summed E-state index contributed by atoms with van der Waals surface area (Å²) in [5.41, 5.74) is 0. The molecule has 0 atom stereocenters. The van der Waals surface area contributed by atoms with Gasteiger partial charge in [-0.25, -0.2) is 0 Å². The minimum absolute atomic E-state index is 1.09. The van der Waals surface area contributed by atoms with Gasteiger partial charge in [0.25, 0.3) is 0 Å². The van der Waals surface area contributed by atoms with Gasteiger partial charge in [-0.3, -0.25) is 4.18 Å². The first kappa shape index (κ1) is 6.87. The monoisotopic (exact) mass is 125 g/mol. The summed E-state index contributed by atoms with van der Waals surface area (Å²) in [6, 6.07) is 0. The topological polar surface area (TPSA) is 55.4 Å². The highest BCUT2D eigenvalue weighted by atomic mass is 32.2. The van der Waals surface area contributed by atoms with Crippen LogP contribution in [0, 0.1) is 0 Å². The predicted molar refractivity (Wildman–Crippen MR) is 25.0 cm³/mol. The van der Waals surface area contributed by atoms with Crippen molar-refractivity contribution in [2.24, 2.45) is 0 Å². The summed E-state index contributed by atoms with van der Waals surface area (Å²) in [6.45, 7) is 0. The van der Waals surface area contributed by atoms with Crippen molar-refractivity contribution in [1.82, 2.24) is 4.72 Å². The van der Waals surface area contributed by atoms with Crippen molar-refractivity contribution in [3.05, 3.63) is 0 Å². The van der Waals surface area contributed by atoms with E-state index < -0.39 is 10.3 Å². The molecule has 0 bridgehead atoms. The third kappa shape index (κ3) is 2.55. The fourth-order valence-corrected chi connectivity index (χ4v) is 0.250. The molecule has 0 heterocycles. The molecule has 0 aliphatic rings. The van der Waals surface area contributed by atoms with Crippen molar-refractivity contribution in [2.45, 2.75) is 0 Å². The first-order chi connectivity index (χ1) is 3.12. The van der Waals surface area contributed by atoms with Crippen LogP contribution in [0.15, 0.2) is 0 Å². The van der Waals surface area contributed by atoms with Crippen molar-refractivity contribution in [1.29, 1.82) is 0 Å². The molecule has 0 amide bonds. The lowest BCUT2D eigenvalue weighted by Gasteiger charge is -1.92. The molecule has 0 radical (unpaired) electrons. The molecule has 5 heteroatoms. The molecule has 0 aliphatic carbocycles. The van der Waals surface area contributed by atoms with E-state index in [-0.39, 0.29) is 0 Å². The maximum atomic E-state index is 10.0. The minimum Gasteiger partial charge on any atom is -0.261 e. The summed E-state index contributed by atoms with van der Waals surface area (Å²) in [6.07, 6.45) is 0. The summed E-state index contributed by atoms with van der Waals surface area (Å²) in [7, 11) is -1.04. The highest BCUT2D eigenvalue weighted by molar-refractivity contribution is 7.84. The third-order valence-electron chi connectivity index (χ3n) is 0.469. The molecule has 0 rings (SSSR count). The Morgan fingerprint density at radius 3 is 2.00 bits per heavy atom. The molecular weight excluding hydrogens is 118 g/mol. The standard InChI is InChI=1S/C2H7NO3S/c1-3-7(4,5)6-2/h3H,1-2H3. The van der Waals surface area contributed by atoms with Gasteiger partial charge in [-0.1, -0.05) is 0 Å². The molecule has 0 spiro atoms. The Labute approximate surface area is 42.7 Å². The highest BCUT2D eigenvalue weighted by Crippen LogP contribution is 1.76. The molecule has 0 fully saturated rings. The lowest BCUT2D eigenvalue weighted by molar-refractivity contribution is 0.390. The van der Waals surface area contributed by atoms with E-state index in [0.29, 0.717) is 0 Å². The molecule has 0 saturated carbocycles. The predicted octanol–water partition coefficient (Wildman–Crippen LogP) is -0.903. The third-order valence-corrected chi connectivity index (χ3v) is 1.41. The zero-order chi connectivity index (χ0) is 5.91. The normalized spacial score (nSPS) is 11.7. The Hall–Kier alpha value is -0.130. The van der Waals surface area contributed by atoms with Crippen molar-refractivity contribution in [2.75, 3.05) is 14.2 Å². The first-order valence-electron chi connectivity index (χ1n) is 1.61. The van der Waals surface area contributed by atoms with Gasteiger partial charge in [0.15, 0.2) is 0 Å². The van der Waals surface area contributed by atoms with E-state index in [9.17, 15) is 8.42 Å². The van der Waals surface area contributed by atoms with Crippen LogP contribution in [-0.4, -0.2) is 22.6 Å². The van der Waals surface area contributed by atoms with Crippen molar-refractivity contribution in [3.8, 4) is 0 Å². The zero-order valence-corrected chi connectivity index (χ0v) is 4.95. The molecule has 0 aromatic heterocycles. The van der Waals surface area contributed by atoms with Gasteiger partial charge >= 0.3 is 10.3 Å². The summed E-state index contributed by atoms with van der Waals surface area (Å²) in [4.78, 5) is 0. The van der Waals surface area contributed by atoms with E-state index in [4.69, 9.17) is 0 Å². The Morgan fingerprint density at radius 1 is 1.57 bits per heavy atom. The van der Waals surface area contributed by atoms with E-state index in [0.717, 1.165) is 7.11 Å². The maximum absolute atomic E-state index is 10.0. The van der Waals surface area contributed by atoms with Gasteiger partial charge in [0, 0.05) is 7.05 Å². The van der Waals surface area contributed by atoms with Crippen molar-refractivity contribution >= 4 is 10.3 Å². The molecule has 4 nitrogen and oxygen atoms in total. The van der Waals surface area contributed by atoms with Crippen LogP contribution in [0.5, 0.6) is 0 Å². The Kier molecular flexibility index (Phi) is 2.21. The van der Waals surface area contributed by atoms with E-state index in [1.165, 1.54) is 7.05 Å². The highest BCUT2D eigenvalue weighted by Gasteiger charge is 1.98. The number of nitrogens with one attached hydrogen (secondary N) is 1. The molecule has 0 saturated heterocycles. The van der Waals surface area contributed by atoms with E-state index in [2.05, 4.69) is 4.18 Å². The van der Waals surface area contributed by atoms with Crippen LogP contribution < -0.4 is 4.72 Å². The van der Waals surface area contributed by atoms with Gasteiger partial charge in [-0.15, -0.1) is 0 Å². The van der Waals surface area contributed by atoms with Gasteiger partial charge in [0.1, 0.15) is 0 Å². The Morgan fingerprint density at radius 2 is 2.00 bits per heavy atom. The second-order valence-electron chi connectivity index (χ2n) is 0.825. The minimum atomic E-state index is -3.41. The molecule has 0 aliphatic heterocycles. The van der Waals surface area contributed by atoms with Gasteiger partial charge in [-0.2, -0.15) is 13.1 Å². The average molecular weight is 125 g/mol. The molecule has 0 aromatic carbocycles. The second-order valence-corrected chi connectivity index (χ2v) is 2.47. The molecule has 0 unspecified atom stereocenters. The lowest BCUT2D eigenvalue weighted by Crippen LogP contribution is -2.19. The van der Waals surface area contributed by atoms with Crippen LogP contribution in [0.4, 0.5) is 0 Å². The Balaban J connectivity index is 3.89. The van der Waals surface area contributed by atoms with E-state index in [1.807, 2.05) is 4.72 Å². The quantitative estimate of drug-likeness (QED) is 0.520. The molecule has 44 valence electrons. The van der Waals surface area contributed by atoms with Gasteiger partial charge in [0.2, 0.25) is 0 Å². The van der Waals surface area contributed by atoms with Crippen LogP contribution in [0.2, 0.25) is 0 Å². The summed E-state index contributed by atoms with van der Waals surface area (Å²) < 4.78 is 26.0. The molecule has 1 N–H and O–H groups in total. The van der Waals surface area contributed by atoms with Crippen LogP contribution in [0.25, 0.3) is 0 Å². The fraction of sp³-hybridized carbons (Fsp3) is 1.00. The van der Waals surface area contributed by atoms with Crippen LogP contribution in [-0.2, 0) is 14.5 Å². The van der Waals surface area contributed by atoms with Crippen molar-refractivity contribution < 1.29 is 12.6 Å². The molecule has 7 heavy (non-hydrogen) atoms. The van der Waals surface area contributed by atoms with Crippen LogP contribution in [0.3, 0.4) is 0 Å². The smallest absolute Gasteiger partial charge is 0.261 e. The lowest BCUT2D eigenvalue weighted by atomic mass is 11.6. The molecular formula is C2H7NO3S. The average Bonchev–Trinajstić information content (AvgIpc) is 1.68. The second kappa shape index (κ2) is 2.25. The van der Waals surface area contributed by atoms with E-state index in [1.54, 1.807) is 0 Å². The summed E-state index contributed by atoms with van der Waals surface area (Å²) in [5, 5.41) is 0. The molecule has 0 aromatic rings. The number of hydrogen-bond acceptors (Lipinski definition) is 3. The summed E-state index contributed by atoms with van der Waals surface area (Å²) in [5.74, 6) is 0. The van der Waals surface area contributed by atoms with Gasteiger partial charge in [-0.05, 0) is 0 Å². The maximum Gasteiger partial charge on any atom is 0.335 e. The largest absolute Gasteiger partial charge is 0.335 e. The number of hydrogen-bond donors (Lipinski definition) is 1. The fourth-order valence-electron chi connectivity index (χ4n) is 0.0833.